The molecule has 2 unspecified atom stereocenters. The highest BCUT2D eigenvalue weighted by molar-refractivity contribution is 7.10. The molecule has 31 heavy (non-hydrogen) atoms. The molecule has 158 valence electrons. The molecule has 0 aliphatic carbocycles. The van der Waals surface area contributed by atoms with Gasteiger partial charge in [0.05, 0.1) is 23.7 Å². The van der Waals surface area contributed by atoms with Crippen LogP contribution < -0.4 is 4.74 Å². The molecule has 2 aliphatic rings. The first kappa shape index (κ1) is 20.1. The minimum absolute atomic E-state index is 0.159. The smallest absolute Gasteiger partial charge is 0.287 e. The molecule has 3 aromatic rings. The van der Waals surface area contributed by atoms with Crippen molar-refractivity contribution in [3.05, 3.63) is 99.5 Å². The number of ketones is 1. The van der Waals surface area contributed by atoms with Crippen LogP contribution in [-0.2, 0) is 21.7 Å². The van der Waals surface area contributed by atoms with Crippen molar-refractivity contribution in [3.8, 4) is 5.75 Å². The lowest BCUT2D eigenvalue weighted by atomic mass is 9.76. The molecule has 1 aromatic heterocycles. The number of carbonyl (C=O) groups excluding carboxylic acids is 1. The number of hydrogen-bond donors (Lipinski definition) is 0. The average Bonchev–Trinajstić information content (AvgIpc) is 3.44. The zero-order chi connectivity index (χ0) is 21.5. The van der Waals surface area contributed by atoms with Gasteiger partial charge in [0.25, 0.3) is 5.79 Å². The second kappa shape index (κ2) is 7.71. The van der Waals surface area contributed by atoms with E-state index in [2.05, 4.69) is 0 Å². The molecule has 0 saturated carbocycles. The summed E-state index contributed by atoms with van der Waals surface area (Å²) in [5.74, 6) is -2.16. The van der Waals surface area contributed by atoms with E-state index >= 15 is 0 Å². The highest BCUT2D eigenvalue weighted by atomic mass is 32.1. The van der Waals surface area contributed by atoms with Crippen LogP contribution in [0.15, 0.2) is 77.7 Å². The van der Waals surface area contributed by atoms with Gasteiger partial charge in [0.2, 0.25) is 11.4 Å². The van der Waals surface area contributed by atoms with Gasteiger partial charge in [0, 0.05) is 6.07 Å². The molecule has 2 atom stereocenters. The molecule has 2 aromatic carbocycles. The van der Waals surface area contributed by atoms with Gasteiger partial charge in [0.1, 0.15) is 11.6 Å². The first-order valence-corrected chi connectivity index (χ1v) is 11.0. The third-order valence-corrected chi connectivity index (χ3v) is 6.81. The Labute approximate surface area is 183 Å². The maximum absolute atomic E-state index is 14.1. The van der Waals surface area contributed by atoms with Crippen molar-refractivity contribution in [3.63, 3.8) is 0 Å². The van der Waals surface area contributed by atoms with Crippen molar-refractivity contribution in [1.29, 1.82) is 0 Å². The van der Waals surface area contributed by atoms with Crippen LogP contribution >= 0.6 is 11.3 Å². The predicted octanol–water partition coefficient (Wildman–Crippen LogP) is 5.29. The molecule has 4 nitrogen and oxygen atoms in total. The number of ether oxygens (including phenoxy) is 3. The molecule has 2 aliphatic heterocycles. The van der Waals surface area contributed by atoms with Gasteiger partial charge in [-0.05, 0) is 48.1 Å². The Hall–Kier alpha value is -2.80. The highest BCUT2D eigenvalue weighted by Crippen LogP contribution is 2.54. The number of carbonyl (C=O) groups is 1. The fourth-order valence-corrected chi connectivity index (χ4v) is 5.19. The summed E-state index contributed by atoms with van der Waals surface area (Å²) in [5.41, 5.74) is 0.640. The van der Waals surface area contributed by atoms with Crippen LogP contribution in [0.4, 0.5) is 4.39 Å². The minimum atomic E-state index is -1.55. The lowest BCUT2D eigenvalue weighted by Gasteiger charge is -2.49. The second-order valence-electron chi connectivity index (χ2n) is 7.63. The molecule has 0 N–H and O–H groups in total. The summed E-state index contributed by atoms with van der Waals surface area (Å²) in [6, 6.07) is 17.6. The molecule has 0 amide bonds. The van der Waals surface area contributed by atoms with Crippen LogP contribution in [0.1, 0.15) is 27.7 Å². The third-order valence-electron chi connectivity index (χ3n) is 5.85. The summed E-state index contributed by atoms with van der Waals surface area (Å²) in [6.45, 7) is 2.41. The maximum Gasteiger partial charge on any atom is 0.287 e. The van der Waals surface area contributed by atoms with E-state index in [4.69, 9.17) is 14.2 Å². The monoisotopic (exact) mass is 436 g/mol. The summed E-state index contributed by atoms with van der Waals surface area (Å²) >= 11 is 1.42. The molecular weight excluding hydrogens is 415 g/mol. The van der Waals surface area contributed by atoms with Crippen LogP contribution in [0.3, 0.4) is 0 Å². The van der Waals surface area contributed by atoms with E-state index in [0.717, 1.165) is 11.1 Å². The fraction of sp³-hybridized carbons (Fsp3) is 0.240. The van der Waals surface area contributed by atoms with E-state index in [1.165, 1.54) is 29.5 Å². The normalized spacial score (nSPS) is 24.7. The number of fused-ring (bicyclic) bond motifs is 1. The van der Waals surface area contributed by atoms with Gasteiger partial charge in [-0.3, -0.25) is 4.79 Å². The first-order valence-electron chi connectivity index (χ1n) is 10.1. The molecule has 6 heteroatoms. The van der Waals surface area contributed by atoms with Crippen molar-refractivity contribution in [1.82, 2.24) is 0 Å². The Morgan fingerprint density at radius 2 is 1.97 bits per heavy atom. The SMILES string of the molecule is CC1=CCOC12C(=O)c1ccc(F)cc1OC2(OCCc1ccccc1)c1cccs1. The number of benzene rings is 2. The third kappa shape index (κ3) is 3.05. The van der Waals surface area contributed by atoms with E-state index in [9.17, 15) is 9.18 Å². The quantitative estimate of drug-likeness (QED) is 0.510. The van der Waals surface area contributed by atoms with Gasteiger partial charge < -0.3 is 14.2 Å². The van der Waals surface area contributed by atoms with Crippen molar-refractivity contribution in [2.45, 2.75) is 24.7 Å². The van der Waals surface area contributed by atoms with Crippen LogP contribution in [-0.4, -0.2) is 24.6 Å². The minimum Gasteiger partial charge on any atom is -0.452 e. The number of rotatable bonds is 5. The largest absolute Gasteiger partial charge is 0.452 e. The van der Waals surface area contributed by atoms with Crippen LogP contribution in [0.25, 0.3) is 0 Å². The molecule has 0 bridgehead atoms. The van der Waals surface area contributed by atoms with E-state index in [0.29, 0.717) is 11.3 Å². The molecular formula is C25H21FO4S. The lowest BCUT2D eigenvalue weighted by molar-refractivity contribution is -0.271. The molecule has 3 heterocycles. The molecule has 1 spiro atoms. The predicted molar refractivity (Wildman–Crippen MR) is 116 cm³/mol. The van der Waals surface area contributed by atoms with Gasteiger partial charge >= 0.3 is 0 Å². The zero-order valence-corrected chi connectivity index (χ0v) is 17.8. The number of halogens is 1. The second-order valence-corrected chi connectivity index (χ2v) is 8.58. The molecule has 5 rings (SSSR count). The van der Waals surface area contributed by atoms with E-state index in [1.807, 2.05) is 60.8 Å². The van der Waals surface area contributed by atoms with Crippen molar-refractivity contribution in [2.24, 2.45) is 0 Å². The summed E-state index contributed by atoms with van der Waals surface area (Å²) in [5, 5.41) is 1.90. The van der Waals surface area contributed by atoms with Crippen molar-refractivity contribution >= 4 is 17.1 Å². The molecule has 0 saturated heterocycles. The Morgan fingerprint density at radius 3 is 2.68 bits per heavy atom. The van der Waals surface area contributed by atoms with Crippen LogP contribution in [0.2, 0.25) is 0 Å². The van der Waals surface area contributed by atoms with Gasteiger partial charge in [0.15, 0.2) is 0 Å². The van der Waals surface area contributed by atoms with Crippen LogP contribution in [0.5, 0.6) is 5.75 Å². The van der Waals surface area contributed by atoms with Gasteiger partial charge in [-0.25, -0.2) is 4.39 Å². The first-order chi connectivity index (χ1) is 15.1. The Bertz CT molecular complexity index is 1140. The average molecular weight is 437 g/mol. The molecule has 0 fully saturated rings. The molecule has 0 radical (unpaired) electrons. The van der Waals surface area contributed by atoms with Gasteiger partial charge in [-0.15, -0.1) is 11.3 Å². The zero-order valence-electron chi connectivity index (χ0n) is 17.0. The number of hydrogen-bond acceptors (Lipinski definition) is 5. The Balaban J connectivity index is 1.64. The maximum atomic E-state index is 14.1. The van der Waals surface area contributed by atoms with E-state index < -0.39 is 17.2 Å². The topological polar surface area (TPSA) is 44.8 Å². The van der Waals surface area contributed by atoms with Crippen molar-refractivity contribution < 1.29 is 23.4 Å². The highest BCUT2D eigenvalue weighted by Gasteiger charge is 2.68. The van der Waals surface area contributed by atoms with Crippen LogP contribution in [0, 0.1) is 5.82 Å². The van der Waals surface area contributed by atoms with Crippen molar-refractivity contribution in [2.75, 3.05) is 13.2 Å². The van der Waals surface area contributed by atoms with E-state index in [1.54, 1.807) is 0 Å². The van der Waals surface area contributed by atoms with E-state index in [-0.39, 0.29) is 30.3 Å². The van der Waals surface area contributed by atoms with Gasteiger partial charge in [-0.1, -0.05) is 42.5 Å². The fourth-order valence-electron chi connectivity index (χ4n) is 4.33. The summed E-state index contributed by atoms with van der Waals surface area (Å²) < 4.78 is 33.1. The Morgan fingerprint density at radius 1 is 1.13 bits per heavy atom. The summed E-state index contributed by atoms with van der Waals surface area (Å²) in [4.78, 5) is 14.6. The summed E-state index contributed by atoms with van der Waals surface area (Å²) in [6.07, 6.45) is 2.50. The Kier molecular flexibility index (Phi) is 5.01. The summed E-state index contributed by atoms with van der Waals surface area (Å²) in [7, 11) is 0. The number of Topliss-reactive ketones (excluding diaryl/α,β-unsaturated/α-hetero) is 1. The van der Waals surface area contributed by atoms with Gasteiger partial charge in [-0.2, -0.15) is 0 Å². The lowest BCUT2D eigenvalue weighted by Crippen LogP contribution is -2.64. The standard InChI is InChI=1S/C25H21FO4S/c1-17-11-13-28-24(17)23(27)20-10-9-19(26)16-21(20)30-25(24,22-8-5-15-31-22)29-14-12-18-6-3-2-4-7-18/h2-11,15-16H,12-14H2,1H3. The number of thiophene rings is 1.